The topological polar surface area (TPSA) is 132 Å². The molecule has 1 saturated carbocycles. The number of aryl methyl sites for hydroxylation is 1. The van der Waals surface area contributed by atoms with E-state index in [1.807, 2.05) is 18.4 Å². The minimum atomic E-state index is -0.847. The summed E-state index contributed by atoms with van der Waals surface area (Å²) in [5, 5.41) is 23.1. The first-order valence-corrected chi connectivity index (χ1v) is 9.63. The van der Waals surface area contributed by atoms with Crippen LogP contribution in [0.1, 0.15) is 59.0 Å². The molecule has 10 nitrogen and oxygen atoms in total. The predicted molar refractivity (Wildman–Crippen MR) is 107 cm³/mol. The smallest absolute Gasteiger partial charge is 0.355 e. The molecule has 10 heteroatoms. The van der Waals surface area contributed by atoms with Crippen LogP contribution in [-0.4, -0.2) is 32.5 Å². The number of nitriles is 1. The Balaban J connectivity index is 1.74. The lowest BCUT2D eigenvalue weighted by molar-refractivity contribution is -0.384. The molecule has 1 aliphatic carbocycles. The average Bonchev–Trinajstić information content (AvgIpc) is 3.40. The molecule has 3 rings (SSSR count). The molecular formula is C20H23N5O5. The first-order valence-electron chi connectivity index (χ1n) is 9.63. The van der Waals surface area contributed by atoms with Crippen LogP contribution in [0.5, 0.6) is 0 Å². The third-order valence-corrected chi connectivity index (χ3v) is 5.56. The summed E-state index contributed by atoms with van der Waals surface area (Å²) >= 11 is 0. The molecule has 0 radical (unpaired) electrons. The minimum absolute atomic E-state index is 0.0340. The number of anilines is 1. The Hall–Kier alpha value is -3.61. The van der Waals surface area contributed by atoms with Crippen molar-refractivity contribution in [2.75, 3.05) is 11.9 Å². The molecule has 0 aliphatic heterocycles. The fourth-order valence-electron chi connectivity index (χ4n) is 3.93. The molecule has 0 spiro atoms. The molecule has 1 N–H and O–H groups in total. The summed E-state index contributed by atoms with van der Waals surface area (Å²) in [6.07, 6.45) is 5.33. The molecule has 0 atom stereocenters. The van der Waals surface area contributed by atoms with Crippen LogP contribution in [0.3, 0.4) is 0 Å². The van der Waals surface area contributed by atoms with Gasteiger partial charge in [-0.1, -0.05) is 12.8 Å². The second kappa shape index (κ2) is 8.41. The number of nitrogens with zero attached hydrogens (tertiary/aromatic N) is 4. The number of carbonyl (C=O) groups is 2. The third kappa shape index (κ3) is 3.91. The largest absolute Gasteiger partial charge is 0.451 e. The normalized spacial score (nSPS) is 13.8. The second-order valence-electron chi connectivity index (χ2n) is 7.43. The molecule has 2 aromatic rings. The summed E-state index contributed by atoms with van der Waals surface area (Å²) in [6.45, 7) is 3.19. The average molecular weight is 413 g/mol. The molecule has 1 amide bonds. The number of nitro groups is 1. The fourth-order valence-corrected chi connectivity index (χ4v) is 3.93. The van der Waals surface area contributed by atoms with Crippen molar-refractivity contribution in [1.29, 1.82) is 5.26 Å². The number of hydrogen-bond donors (Lipinski definition) is 1. The summed E-state index contributed by atoms with van der Waals surface area (Å²) in [4.78, 5) is 34.9. The SMILES string of the molecule is Cc1c(C#N)c(NC(=O)COC(=O)c2cc([N+](=O)[O-])cn2C)n(C2CCCC2)c1C. The van der Waals surface area contributed by atoms with Gasteiger partial charge in [-0.3, -0.25) is 14.9 Å². The molecule has 2 aromatic heterocycles. The summed E-state index contributed by atoms with van der Waals surface area (Å²) in [6, 6.07) is 3.46. The number of amides is 1. The van der Waals surface area contributed by atoms with E-state index in [9.17, 15) is 25.0 Å². The Kier molecular flexibility index (Phi) is 5.91. The van der Waals surface area contributed by atoms with Crippen LogP contribution in [0.4, 0.5) is 11.5 Å². The Morgan fingerprint density at radius 3 is 2.60 bits per heavy atom. The zero-order valence-corrected chi connectivity index (χ0v) is 17.1. The highest BCUT2D eigenvalue weighted by Crippen LogP contribution is 2.37. The standard InChI is InChI=1S/C20H23N5O5/c1-12-13(2)24(14-6-4-5-7-14)19(16(12)9-21)22-18(26)11-30-20(27)17-8-15(25(28)29)10-23(17)3/h8,10,14H,4-7,11H2,1-3H3,(H,22,26). The van der Waals surface area contributed by atoms with E-state index in [1.54, 1.807) is 0 Å². The maximum absolute atomic E-state index is 12.5. The van der Waals surface area contributed by atoms with Crippen molar-refractivity contribution >= 4 is 23.4 Å². The van der Waals surface area contributed by atoms with Gasteiger partial charge in [0.2, 0.25) is 0 Å². The van der Waals surface area contributed by atoms with Gasteiger partial charge in [-0.2, -0.15) is 5.26 Å². The van der Waals surface area contributed by atoms with E-state index in [0.717, 1.165) is 43.0 Å². The van der Waals surface area contributed by atoms with Gasteiger partial charge >= 0.3 is 5.97 Å². The van der Waals surface area contributed by atoms with Crippen molar-refractivity contribution in [1.82, 2.24) is 9.13 Å². The van der Waals surface area contributed by atoms with Gasteiger partial charge in [0.05, 0.1) is 16.7 Å². The van der Waals surface area contributed by atoms with Gasteiger partial charge in [0.25, 0.3) is 11.6 Å². The highest BCUT2D eigenvalue weighted by Gasteiger charge is 2.27. The van der Waals surface area contributed by atoms with E-state index in [2.05, 4.69) is 11.4 Å². The quantitative estimate of drug-likeness (QED) is 0.439. The van der Waals surface area contributed by atoms with Crippen LogP contribution in [-0.2, 0) is 16.6 Å². The van der Waals surface area contributed by atoms with Crippen molar-refractivity contribution in [3.8, 4) is 6.07 Å². The summed E-state index contributed by atoms with van der Waals surface area (Å²) in [5.41, 5.74) is 1.87. The predicted octanol–water partition coefficient (Wildman–Crippen LogP) is 3.13. The van der Waals surface area contributed by atoms with Crippen LogP contribution in [0.15, 0.2) is 12.3 Å². The molecule has 0 unspecified atom stereocenters. The van der Waals surface area contributed by atoms with Crippen molar-refractivity contribution in [2.24, 2.45) is 7.05 Å². The summed E-state index contributed by atoms with van der Waals surface area (Å²) in [5.74, 6) is -1.00. The van der Waals surface area contributed by atoms with Crippen molar-refractivity contribution in [3.05, 3.63) is 44.9 Å². The molecule has 0 aromatic carbocycles. The molecular weight excluding hydrogens is 390 g/mol. The van der Waals surface area contributed by atoms with Crippen LogP contribution in [0.25, 0.3) is 0 Å². The molecule has 0 bridgehead atoms. The van der Waals surface area contributed by atoms with Crippen LogP contribution in [0.2, 0.25) is 0 Å². The maximum atomic E-state index is 12.5. The monoisotopic (exact) mass is 413 g/mol. The van der Waals surface area contributed by atoms with Gasteiger partial charge in [-0.25, -0.2) is 4.79 Å². The van der Waals surface area contributed by atoms with Gasteiger partial charge in [0.1, 0.15) is 17.6 Å². The number of hydrogen-bond acceptors (Lipinski definition) is 6. The fraction of sp³-hybridized carbons (Fsp3) is 0.450. The van der Waals surface area contributed by atoms with Gasteiger partial charge < -0.3 is 19.2 Å². The molecule has 2 heterocycles. The van der Waals surface area contributed by atoms with Crippen LogP contribution >= 0.6 is 0 Å². The number of carbonyl (C=O) groups excluding carboxylic acids is 2. The van der Waals surface area contributed by atoms with Gasteiger partial charge in [-0.15, -0.1) is 0 Å². The van der Waals surface area contributed by atoms with Crippen LogP contribution in [0, 0.1) is 35.3 Å². The van der Waals surface area contributed by atoms with Crippen molar-refractivity contribution < 1.29 is 19.2 Å². The minimum Gasteiger partial charge on any atom is -0.451 e. The van der Waals surface area contributed by atoms with Crippen molar-refractivity contribution in [3.63, 3.8) is 0 Å². The zero-order chi connectivity index (χ0) is 22.0. The molecule has 30 heavy (non-hydrogen) atoms. The molecule has 1 fully saturated rings. The van der Waals surface area contributed by atoms with E-state index in [4.69, 9.17) is 4.74 Å². The van der Waals surface area contributed by atoms with Gasteiger partial charge in [0.15, 0.2) is 6.61 Å². The lowest BCUT2D eigenvalue weighted by Crippen LogP contribution is -2.24. The number of nitrogens with one attached hydrogen (secondary N) is 1. The van der Waals surface area contributed by atoms with Crippen molar-refractivity contribution in [2.45, 2.75) is 45.6 Å². The number of rotatable bonds is 6. The Morgan fingerprint density at radius 1 is 1.37 bits per heavy atom. The van der Waals surface area contributed by atoms with Gasteiger partial charge in [0, 0.05) is 24.8 Å². The van der Waals surface area contributed by atoms with E-state index < -0.39 is 23.4 Å². The Labute approximate surface area is 173 Å². The second-order valence-corrected chi connectivity index (χ2v) is 7.43. The number of esters is 1. The first-order chi connectivity index (χ1) is 14.2. The van der Waals surface area contributed by atoms with E-state index >= 15 is 0 Å². The van der Waals surface area contributed by atoms with E-state index in [1.165, 1.54) is 17.8 Å². The van der Waals surface area contributed by atoms with E-state index in [-0.39, 0.29) is 17.4 Å². The summed E-state index contributed by atoms with van der Waals surface area (Å²) in [7, 11) is 1.48. The van der Waals surface area contributed by atoms with E-state index in [0.29, 0.717) is 11.4 Å². The number of aromatic nitrogens is 2. The third-order valence-electron chi connectivity index (χ3n) is 5.56. The first kappa shape index (κ1) is 21.1. The molecule has 158 valence electrons. The van der Waals surface area contributed by atoms with Gasteiger partial charge in [-0.05, 0) is 32.3 Å². The Bertz CT molecular complexity index is 1050. The molecule has 1 aliphatic rings. The maximum Gasteiger partial charge on any atom is 0.355 e. The number of ether oxygens (including phenoxy) is 1. The lowest BCUT2D eigenvalue weighted by atomic mass is 10.2. The lowest BCUT2D eigenvalue weighted by Gasteiger charge is -2.19. The molecule has 0 saturated heterocycles. The Morgan fingerprint density at radius 2 is 2.03 bits per heavy atom. The highest BCUT2D eigenvalue weighted by atomic mass is 16.6. The zero-order valence-electron chi connectivity index (χ0n) is 17.1. The van der Waals surface area contributed by atoms with Crippen LogP contribution < -0.4 is 5.32 Å². The summed E-state index contributed by atoms with van der Waals surface area (Å²) < 4.78 is 8.29. The highest BCUT2D eigenvalue weighted by molar-refractivity contribution is 5.95.